The molecule has 9 heteroatoms. The molecule has 1 N–H and O–H groups in total. The lowest BCUT2D eigenvalue weighted by Crippen LogP contribution is -2.44. The molecule has 0 unspecified atom stereocenters. The van der Waals surface area contributed by atoms with Crippen LogP contribution in [0.25, 0.3) is 0 Å². The fourth-order valence-corrected chi connectivity index (χ4v) is 7.70. The number of nitrogens with one attached hydrogen (secondary N) is 1. The molecule has 1 aromatic rings. The van der Waals surface area contributed by atoms with E-state index in [2.05, 4.69) is 5.32 Å². The number of halogens is 1. The third-order valence-corrected chi connectivity index (χ3v) is 8.16. The summed E-state index contributed by atoms with van der Waals surface area (Å²) in [5.41, 5.74) is 0.268. The molecule has 0 aromatic heterocycles. The van der Waals surface area contributed by atoms with Gasteiger partial charge < -0.3 is 10.1 Å². The Hall–Kier alpha value is -1.03. The fourth-order valence-electron chi connectivity index (χ4n) is 2.75. The molecule has 0 spiro atoms. The van der Waals surface area contributed by atoms with Gasteiger partial charge in [0, 0.05) is 19.7 Å². The molecule has 23 heavy (non-hydrogen) atoms. The van der Waals surface area contributed by atoms with E-state index < -0.39 is 42.5 Å². The lowest BCUT2D eigenvalue weighted by atomic mass is 10.2. The van der Waals surface area contributed by atoms with E-state index >= 15 is 0 Å². The second kappa shape index (κ2) is 6.84. The van der Waals surface area contributed by atoms with E-state index in [1.807, 2.05) is 0 Å². The summed E-state index contributed by atoms with van der Waals surface area (Å²) in [5, 5.41) is 1.85. The summed E-state index contributed by atoms with van der Waals surface area (Å²) in [7, 11) is -5.84. The minimum atomic E-state index is -3.89. The normalized spacial score (nSPS) is 24.0. The summed E-state index contributed by atoms with van der Waals surface area (Å²) in [6, 6.07) is 2.68. The highest BCUT2D eigenvalue weighted by Crippen LogP contribution is 2.28. The van der Waals surface area contributed by atoms with Gasteiger partial charge in [-0.1, -0.05) is 0 Å². The first-order valence-electron chi connectivity index (χ1n) is 7.10. The third kappa shape index (κ3) is 4.09. The van der Waals surface area contributed by atoms with Crippen LogP contribution in [-0.2, 0) is 24.4 Å². The van der Waals surface area contributed by atoms with Gasteiger partial charge in [-0.05, 0) is 30.7 Å². The highest BCUT2D eigenvalue weighted by Gasteiger charge is 2.45. The van der Waals surface area contributed by atoms with Crippen LogP contribution >= 0.6 is 0 Å². The van der Waals surface area contributed by atoms with Crippen molar-refractivity contribution in [2.24, 2.45) is 0 Å². The van der Waals surface area contributed by atoms with Crippen LogP contribution in [0.2, 0.25) is 0 Å². The largest absolute Gasteiger partial charge is 0.383 e. The standard InChI is InChI=1S/C14H20FNO5S2/c1-10-7-11(15)3-4-13(10)23(19,20)14-9-22(17,18)8-12(14)16-5-6-21-2/h3-4,7,12,14,16H,5-6,8-9H2,1-2H3/t12-,14-/m0/s1. The van der Waals surface area contributed by atoms with Crippen LogP contribution in [-0.4, -0.2) is 59.9 Å². The Kier molecular flexibility index (Phi) is 5.44. The van der Waals surface area contributed by atoms with Crippen LogP contribution in [0.1, 0.15) is 5.56 Å². The maximum absolute atomic E-state index is 13.2. The third-order valence-electron chi connectivity index (χ3n) is 3.86. The summed E-state index contributed by atoms with van der Waals surface area (Å²) in [6.45, 7) is 2.19. The molecule has 2 atom stereocenters. The molecule has 1 fully saturated rings. The van der Waals surface area contributed by atoms with Crippen molar-refractivity contribution in [3.63, 3.8) is 0 Å². The van der Waals surface area contributed by atoms with Gasteiger partial charge in [0.25, 0.3) is 0 Å². The maximum atomic E-state index is 13.2. The molecule has 0 amide bonds. The van der Waals surface area contributed by atoms with Crippen molar-refractivity contribution in [3.8, 4) is 0 Å². The summed E-state index contributed by atoms with van der Waals surface area (Å²) in [5.74, 6) is -1.20. The predicted octanol–water partition coefficient (Wildman–Crippen LogP) is 0.309. The van der Waals surface area contributed by atoms with Crippen LogP contribution in [0, 0.1) is 12.7 Å². The average molecular weight is 365 g/mol. The summed E-state index contributed by atoms with van der Waals surface area (Å²) in [6.07, 6.45) is 0. The van der Waals surface area contributed by atoms with Crippen LogP contribution in [0.3, 0.4) is 0 Å². The zero-order valence-corrected chi connectivity index (χ0v) is 14.6. The SMILES string of the molecule is COCCN[C@H]1CS(=O)(=O)C[C@@H]1S(=O)(=O)c1ccc(F)cc1C. The van der Waals surface area contributed by atoms with Gasteiger partial charge in [0.1, 0.15) is 5.82 Å². The molecule has 1 saturated heterocycles. The minimum absolute atomic E-state index is 0.0282. The van der Waals surface area contributed by atoms with Gasteiger partial charge in [0.05, 0.1) is 28.3 Å². The molecule has 2 rings (SSSR count). The van der Waals surface area contributed by atoms with E-state index in [4.69, 9.17) is 4.74 Å². The van der Waals surface area contributed by atoms with Crippen molar-refractivity contribution < 1.29 is 26.0 Å². The molecular formula is C14H20FNO5S2. The number of hydrogen-bond donors (Lipinski definition) is 1. The van der Waals surface area contributed by atoms with Crippen LogP contribution in [0.4, 0.5) is 4.39 Å². The van der Waals surface area contributed by atoms with Crippen LogP contribution < -0.4 is 5.32 Å². The molecule has 0 radical (unpaired) electrons. The topological polar surface area (TPSA) is 89.5 Å². The summed E-state index contributed by atoms with van der Waals surface area (Å²) < 4.78 is 67.6. The molecule has 1 aliphatic heterocycles. The zero-order chi connectivity index (χ0) is 17.3. The van der Waals surface area contributed by atoms with E-state index in [-0.39, 0.29) is 16.2 Å². The smallest absolute Gasteiger partial charge is 0.184 e. The Morgan fingerprint density at radius 1 is 1.35 bits per heavy atom. The lowest BCUT2D eigenvalue weighted by Gasteiger charge is -2.20. The second-order valence-corrected chi connectivity index (χ2v) is 9.91. The van der Waals surface area contributed by atoms with Crippen molar-refractivity contribution in [1.29, 1.82) is 0 Å². The molecule has 0 saturated carbocycles. The van der Waals surface area contributed by atoms with Crippen molar-refractivity contribution >= 4 is 19.7 Å². The number of hydrogen-bond acceptors (Lipinski definition) is 6. The number of benzene rings is 1. The first-order valence-corrected chi connectivity index (χ1v) is 10.5. The van der Waals surface area contributed by atoms with Gasteiger partial charge in [-0.3, -0.25) is 0 Å². The molecule has 0 bridgehead atoms. The van der Waals surface area contributed by atoms with Gasteiger partial charge >= 0.3 is 0 Å². The van der Waals surface area contributed by atoms with Crippen molar-refractivity contribution in [2.45, 2.75) is 23.1 Å². The van der Waals surface area contributed by atoms with Crippen LogP contribution in [0.5, 0.6) is 0 Å². The second-order valence-electron chi connectivity index (χ2n) is 5.62. The Morgan fingerprint density at radius 3 is 2.65 bits per heavy atom. The molecule has 6 nitrogen and oxygen atoms in total. The highest BCUT2D eigenvalue weighted by atomic mass is 32.2. The Morgan fingerprint density at radius 2 is 2.04 bits per heavy atom. The number of rotatable bonds is 6. The molecule has 0 aliphatic carbocycles. The highest BCUT2D eigenvalue weighted by molar-refractivity contribution is 7.96. The first-order chi connectivity index (χ1) is 10.7. The van der Waals surface area contributed by atoms with Gasteiger partial charge in [-0.15, -0.1) is 0 Å². The molecule has 1 aliphatic rings. The number of ether oxygens (including phenoxy) is 1. The fraction of sp³-hybridized carbons (Fsp3) is 0.571. The van der Waals surface area contributed by atoms with E-state index in [9.17, 15) is 21.2 Å². The van der Waals surface area contributed by atoms with Gasteiger partial charge in [-0.25, -0.2) is 21.2 Å². The van der Waals surface area contributed by atoms with E-state index in [1.54, 1.807) is 0 Å². The minimum Gasteiger partial charge on any atom is -0.383 e. The number of sulfone groups is 2. The first kappa shape index (κ1) is 18.3. The Labute approximate surface area is 135 Å². The lowest BCUT2D eigenvalue weighted by molar-refractivity contribution is 0.196. The monoisotopic (exact) mass is 365 g/mol. The van der Waals surface area contributed by atoms with Gasteiger partial charge in [0.2, 0.25) is 0 Å². The van der Waals surface area contributed by atoms with Crippen molar-refractivity contribution in [1.82, 2.24) is 5.32 Å². The zero-order valence-electron chi connectivity index (χ0n) is 13.0. The van der Waals surface area contributed by atoms with Crippen molar-refractivity contribution in [2.75, 3.05) is 31.8 Å². The Balaban J connectivity index is 2.35. The average Bonchev–Trinajstić information content (AvgIpc) is 2.74. The van der Waals surface area contributed by atoms with E-state index in [0.29, 0.717) is 13.2 Å². The Bertz CT molecular complexity index is 776. The number of aryl methyl sites for hydroxylation is 1. The maximum Gasteiger partial charge on any atom is 0.184 e. The molecule has 1 aromatic carbocycles. The van der Waals surface area contributed by atoms with E-state index in [1.165, 1.54) is 20.1 Å². The molecular weight excluding hydrogens is 345 g/mol. The quantitative estimate of drug-likeness (QED) is 0.576. The summed E-state index contributed by atoms with van der Waals surface area (Å²) in [4.78, 5) is -0.0282. The summed E-state index contributed by atoms with van der Waals surface area (Å²) >= 11 is 0. The molecule has 1 heterocycles. The van der Waals surface area contributed by atoms with Gasteiger partial charge in [0.15, 0.2) is 19.7 Å². The van der Waals surface area contributed by atoms with E-state index in [0.717, 1.165) is 12.1 Å². The molecule has 130 valence electrons. The van der Waals surface area contributed by atoms with Crippen molar-refractivity contribution in [3.05, 3.63) is 29.6 Å². The predicted molar refractivity (Wildman–Crippen MR) is 84.4 cm³/mol. The van der Waals surface area contributed by atoms with Crippen LogP contribution in [0.15, 0.2) is 23.1 Å². The number of methoxy groups -OCH3 is 1. The van der Waals surface area contributed by atoms with Gasteiger partial charge in [-0.2, -0.15) is 0 Å².